The molecule has 0 saturated heterocycles. The van der Waals surface area contributed by atoms with Gasteiger partial charge in [-0.15, -0.1) is 0 Å². The summed E-state index contributed by atoms with van der Waals surface area (Å²) >= 11 is 0. The zero-order valence-electron chi connectivity index (χ0n) is 10.9. The van der Waals surface area contributed by atoms with Crippen molar-refractivity contribution in [3.8, 4) is 0 Å². The third-order valence-corrected chi connectivity index (χ3v) is 3.40. The standard InChI is InChI=1S/C14H22N2O/c1-4-14(3,5-2)16-13(17)12-8-6-7-11(9-12)10-15/h6-9H,4-5,10,15H2,1-3H3,(H,16,17). The number of nitrogens with one attached hydrogen (secondary N) is 1. The molecular formula is C14H22N2O. The normalized spacial score (nSPS) is 11.3. The summed E-state index contributed by atoms with van der Waals surface area (Å²) in [6.45, 7) is 6.69. The van der Waals surface area contributed by atoms with Crippen LogP contribution >= 0.6 is 0 Å². The number of nitrogens with two attached hydrogens (primary N) is 1. The quantitative estimate of drug-likeness (QED) is 0.822. The van der Waals surface area contributed by atoms with Crippen LogP contribution in [0.3, 0.4) is 0 Å². The number of hydrogen-bond donors (Lipinski definition) is 2. The fourth-order valence-corrected chi connectivity index (χ4v) is 1.61. The van der Waals surface area contributed by atoms with E-state index < -0.39 is 0 Å². The summed E-state index contributed by atoms with van der Waals surface area (Å²) in [6.07, 6.45) is 1.84. The minimum Gasteiger partial charge on any atom is -0.347 e. The van der Waals surface area contributed by atoms with E-state index in [9.17, 15) is 4.79 Å². The molecule has 0 aromatic heterocycles. The molecule has 94 valence electrons. The number of benzene rings is 1. The van der Waals surface area contributed by atoms with E-state index in [0.717, 1.165) is 18.4 Å². The Labute approximate surface area is 103 Å². The number of amides is 1. The molecule has 0 aliphatic carbocycles. The van der Waals surface area contributed by atoms with Crippen molar-refractivity contribution in [1.29, 1.82) is 0 Å². The van der Waals surface area contributed by atoms with E-state index in [2.05, 4.69) is 26.1 Å². The highest BCUT2D eigenvalue weighted by Gasteiger charge is 2.22. The summed E-state index contributed by atoms with van der Waals surface area (Å²) < 4.78 is 0. The minimum absolute atomic E-state index is 0.0218. The Morgan fingerprint density at radius 2 is 2.00 bits per heavy atom. The molecule has 3 heteroatoms. The van der Waals surface area contributed by atoms with Crippen LogP contribution in [0.2, 0.25) is 0 Å². The second-order valence-electron chi connectivity index (χ2n) is 4.63. The molecule has 0 heterocycles. The Morgan fingerprint density at radius 1 is 1.35 bits per heavy atom. The molecule has 0 fully saturated rings. The van der Waals surface area contributed by atoms with Crippen LogP contribution in [0, 0.1) is 0 Å². The third-order valence-electron chi connectivity index (χ3n) is 3.40. The van der Waals surface area contributed by atoms with Gasteiger partial charge in [0.15, 0.2) is 0 Å². The van der Waals surface area contributed by atoms with Crippen LogP contribution < -0.4 is 11.1 Å². The van der Waals surface area contributed by atoms with Crippen molar-refractivity contribution in [3.05, 3.63) is 35.4 Å². The van der Waals surface area contributed by atoms with E-state index in [0.29, 0.717) is 12.1 Å². The van der Waals surface area contributed by atoms with Crippen LogP contribution in [0.1, 0.15) is 49.5 Å². The van der Waals surface area contributed by atoms with Gasteiger partial charge in [-0.3, -0.25) is 4.79 Å². The maximum absolute atomic E-state index is 12.1. The van der Waals surface area contributed by atoms with Crippen LogP contribution in [-0.4, -0.2) is 11.4 Å². The van der Waals surface area contributed by atoms with Gasteiger partial charge in [-0.2, -0.15) is 0 Å². The summed E-state index contributed by atoms with van der Waals surface area (Å²) in [4.78, 5) is 12.1. The minimum atomic E-state index is -0.129. The fourth-order valence-electron chi connectivity index (χ4n) is 1.61. The first-order chi connectivity index (χ1) is 8.04. The molecule has 0 aliphatic heterocycles. The summed E-state index contributed by atoms with van der Waals surface area (Å²) in [6, 6.07) is 7.46. The van der Waals surface area contributed by atoms with Crippen LogP contribution in [0.15, 0.2) is 24.3 Å². The highest BCUT2D eigenvalue weighted by Crippen LogP contribution is 2.15. The highest BCUT2D eigenvalue weighted by molar-refractivity contribution is 5.94. The zero-order chi connectivity index (χ0) is 12.9. The lowest BCUT2D eigenvalue weighted by Crippen LogP contribution is -2.44. The molecular weight excluding hydrogens is 212 g/mol. The number of carbonyl (C=O) groups is 1. The van der Waals surface area contributed by atoms with Crippen molar-refractivity contribution in [1.82, 2.24) is 5.32 Å². The Balaban J connectivity index is 2.82. The van der Waals surface area contributed by atoms with Crippen LogP contribution in [-0.2, 0) is 6.54 Å². The number of rotatable bonds is 5. The lowest BCUT2D eigenvalue weighted by molar-refractivity contribution is 0.0901. The van der Waals surface area contributed by atoms with Gasteiger partial charge in [0.05, 0.1) is 0 Å². The Kier molecular flexibility index (Phi) is 4.70. The molecule has 0 bridgehead atoms. The van der Waals surface area contributed by atoms with E-state index in [1.54, 1.807) is 0 Å². The number of carbonyl (C=O) groups excluding carboxylic acids is 1. The largest absolute Gasteiger partial charge is 0.347 e. The van der Waals surface area contributed by atoms with Gasteiger partial charge >= 0.3 is 0 Å². The summed E-state index contributed by atoms with van der Waals surface area (Å²) in [7, 11) is 0. The first kappa shape index (κ1) is 13.7. The molecule has 0 radical (unpaired) electrons. The molecule has 1 rings (SSSR count). The van der Waals surface area contributed by atoms with Crippen molar-refractivity contribution in [3.63, 3.8) is 0 Å². The molecule has 0 spiro atoms. The fraction of sp³-hybridized carbons (Fsp3) is 0.500. The van der Waals surface area contributed by atoms with Gasteiger partial charge < -0.3 is 11.1 Å². The van der Waals surface area contributed by atoms with E-state index in [4.69, 9.17) is 5.73 Å². The van der Waals surface area contributed by atoms with E-state index >= 15 is 0 Å². The van der Waals surface area contributed by atoms with Gasteiger partial charge in [-0.25, -0.2) is 0 Å². The van der Waals surface area contributed by atoms with E-state index in [-0.39, 0.29) is 11.4 Å². The van der Waals surface area contributed by atoms with Gasteiger partial charge in [0.2, 0.25) is 0 Å². The lowest BCUT2D eigenvalue weighted by atomic mass is 9.95. The monoisotopic (exact) mass is 234 g/mol. The highest BCUT2D eigenvalue weighted by atomic mass is 16.1. The predicted octanol–water partition coefficient (Wildman–Crippen LogP) is 2.45. The molecule has 0 saturated carbocycles. The second-order valence-corrected chi connectivity index (χ2v) is 4.63. The number of hydrogen-bond acceptors (Lipinski definition) is 2. The van der Waals surface area contributed by atoms with Crippen molar-refractivity contribution in [2.24, 2.45) is 5.73 Å². The van der Waals surface area contributed by atoms with Crippen LogP contribution in [0.5, 0.6) is 0 Å². The summed E-state index contributed by atoms with van der Waals surface area (Å²) in [5, 5.41) is 3.08. The van der Waals surface area contributed by atoms with Gasteiger partial charge in [0, 0.05) is 17.6 Å². The summed E-state index contributed by atoms with van der Waals surface area (Å²) in [5.41, 5.74) is 7.10. The van der Waals surface area contributed by atoms with Crippen molar-refractivity contribution < 1.29 is 4.79 Å². The summed E-state index contributed by atoms with van der Waals surface area (Å²) in [5.74, 6) is -0.0218. The molecule has 17 heavy (non-hydrogen) atoms. The van der Waals surface area contributed by atoms with Crippen molar-refractivity contribution >= 4 is 5.91 Å². The maximum Gasteiger partial charge on any atom is 0.251 e. The maximum atomic E-state index is 12.1. The van der Waals surface area contributed by atoms with Gasteiger partial charge in [0.25, 0.3) is 5.91 Å². The second kappa shape index (κ2) is 5.82. The van der Waals surface area contributed by atoms with Crippen molar-refractivity contribution in [2.75, 3.05) is 0 Å². The van der Waals surface area contributed by atoms with E-state index in [1.165, 1.54) is 0 Å². The SMILES string of the molecule is CCC(C)(CC)NC(=O)c1cccc(CN)c1. The first-order valence-corrected chi connectivity index (χ1v) is 6.16. The van der Waals surface area contributed by atoms with E-state index in [1.807, 2.05) is 24.3 Å². The molecule has 1 aromatic carbocycles. The average Bonchev–Trinajstić information content (AvgIpc) is 2.38. The van der Waals surface area contributed by atoms with Gasteiger partial charge in [-0.1, -0.05) is 26.0 Å². The van der Waals surface area contributed by atoms with Crippen LogP contribution in [0.25, 0.3) is 0 Å². The zero-order valence-corrected chi connectivity index (χ0v) is 10.9. The van der Waals surface area contributed by atoms with Crippen molar-refractivity contribution in [2.45, 2.75) is 45.7 Å². The first-order valence-electron chi connectivity index (χ1n) is 6.16. The molecule has 1 amide bonds. The molecule has 3 nitrogen and oxygen atoms in total. The van der Waals surface area contributed by atoms with Gasteiger partial charge in [0.1, 0.15) is 0 Å². The Morgan fingerprint density at radius 3 is 2.53 bits per heavy atom. The predicted molar refractivity (Wildman–Crippen MR) is 70.8 cm³/mol. The molecule has 1 aromatic rings. The molecule has 0 atom stereocenters. The average molecular weight is 234 g/mol. The van der Waals surface area contributed by atoms with Crippen LogP contribution in [0.4, 0.5) is 0 Å². The van der Waals surface area contributed by atoms with Gasteiger partial charge in [-0.05, 0) is 37.5 Å². The molecule has 3 N–H and O–H groups in total. The topological polar surface area (TPSA) is 55.1 Å². The smallest absolute Gasteiger partial charge is 0.251 e. The Bertz CT molecular complexity index is 384. The Hall–Kier alpha value is -1.35. The molecule has 0 unspecified atom stereocenters. The third kappa shape index (κ3) is 3.56. The molecule has 0 aliphatic rings. The lowest BCUT2D eigenvalue weighted by Gasteiger charge is -2.28.